The summed E-state index contributed by atoms with van der Waals surface area (Å²) in [5, 5.41) is 0. The highest BCUT2D eigenvalue weighted by atomic mass is 19.4. The molecule has 16 heavy (non-hydrogen) atoms. The Morgan fingerprint density at radius 1 is 1.19 bits per heavy atom. The standard InChI is InChI=1S/C11H23F3N2/c1-3-4-5-6-7-10(8-15)16(2)9-11(12,13)14/h10H,3-9,15H2,1-2H3. The first kappa shape index (κ1) is 15.7. The molecule has 1 unspecified atom stereocenters. The zero-order chi connectivity index (χ0) is 12.6. The Morgan fingerprint density at radius 2 is 1.81 bits per heavy atom. The zero-order valence-corrected chi connectivity index (χ0v) is 10.2. The van der Waals surface area contributed by atoms with Gasteiger partial charge in [0, 0.05) is 12.6 Å². The van der Waals surface area contributed by atoms with E-state index >= 15 is 0 Å². The van der Waals surface area contributed by atoms with Crippen molar-refractivity contribution < 1.29 is 13.2 Å². The van der Waals surface area contributed by atoms with Gasteiger partial charge in [-0.2, -0.15) is 13.2 Å². The largest absolute Gasteiger partial charge is 0.401 e. The van der Waals surface area contributed by atoms with E-state index in [4.69, 9.17) is 5.73 Å². The van der Waals surface area contributed by atoms with Gasteiger partial charge in [-0.1, -0.05) is 32.6 Å². The maximum Gasteiger partial charge on any atom is 0.401 e. The predicted molar refractivity (Wildman–Crippen MR) is 60.3 cm³/mol. The fourth-order valence-electron chi connectivity index (χ4n) is 1.74. The number of unbranched alkanes of at least 4 members (excludes halogenated alkanes) is 3. The molecule has 0 aliphatic rings. The Labute approximate surface area is 96.0 Å². The van der Waals surface area contributed by atoms with Gasteiger partial charge in [0.25, 0.3) is 0 Å². The van der Waals surface area contributed by atoms with Crippen molar-refractivity contribution in [2.24, 2.45) is 5.73 Å². The molecular formula is C11H23F3N2. The molecule has 0 aromatic carbocycles. The lowest BCUT2D eigenvalue weighted by molar-refractivity contribution is -0.147. The topological polar surface area (TPSA) is 29.3 Å². The number of rotatable bonds is 8. The normalized spacial score (nSPS) is 14.4. The number of hydrogen-bond donors (Lipinski definition) is 1. The summed E-state index contributed by atoms with van der Waals surface area (Å²) in [6, 6.07) is -0.154. The molecule has 0 aromatic rings. The van der Waals surface area contributed by atoms with Crippen LogP contribution in [-0.4, -0.2) is 37.3 Å². The average molecular weight is 240 g/mol. The third kappa shape index (κ3) is 7.93. The van der Waals surface area contributed by atoms with Crippen molar-refractivity contribution in [3.8, 4) is 0 Å². The van der Waals surface area contributed by atoms with Gasteiger partial charge in [-0.15, -0.1) is 0 Å². The van der Waals surface area contributed by atoms with Crippen LogP contribution in [0.25, 0.3) is 0 Å². The van der Waals surface area contributed by atoms with E-state index in [0.29, 0.717) is 6.54 Å². The Kier molecular flexibility index (Phi) is 7.76. The first-order chi connectivity index (χ1) is 7.40. The first-order valence-electron chi connectivity index (χ1n) is 5.87. The minimum absolute atomic E-state index is 0.154. The summed E-state index contributed by atoms with van der Waals surface area (Å²) in [4.78, 5) is 1.31. The maximum absolute atomic E-state index is 12.2. The summed E-state index contributed by atoms with van der Waals surface area (Å²) in [5.41, 5.74) is 5.50. The van der Waals surface area contributed by atoms with Gasteiger partial charge in [0.15, 0.2) is 0 Å². The van der Waals surface area contributed by atoms with Crippen LogP contribution in [0, 0.1) is 0 Å². The second-order valence-corrected chi connectivity index (χ2v) is 4.27. The smallest absolute Gasteiger partial charge is 0.329 e. The van der Waals surface area contributed by atoms with Crippen molar-refractivity contribution in [3.05, 3.63) is 0 Å². The van der Waals surface area contributed by atoms with Crippen LogP contribution < -0.4 is 5.73 Å². The van der Waals surface area contributed by atoms with Crippen molar-refractivity contribution in [1.82, 2.24) is 4.90 Å². The molecular weight excluding hydrogens is 217 g/mol. The molecule has 0 saturated carbocycles. The molecule has 2 nitrogen and oxygen atoms in total. The maximum atomic E-state index is 12.2. The molecule has 0 heterocycles. The minimum Gasteiger partial charge on any atom is -0.329 e. The molecule has 0 radical (unpaired) electrons. The predicted octanol–water partition coefficient (Wildman–Crippen LogP) is 2.78. The van der Waals surface area contributed by atoms with Gasteiger partial charge in [-0.3, -0.25) is 4.90 Å². The van der Waals surface area contributed by atoms with Crippen molar-refractivity contribution in [3.63, 3.8) is 0 Å². The van der Waals surface area contributed by atoms with Gasteiger partial charge >= 0.3 is 6.18 Å². The second-order valence-electron chi connectivity index (χ2n) is 4.27. The Hall–Kier alpha value is -0.290. The van der Waals surface area contributed by atoms with E-state index < -0.39 is 12.7 Å². The van der Waals surface area contributed by atoms with Crippen LogP contribution in [0.2, 0.25) is 0 Å². The van der Waals surface area contributed by atoms with E-state index in [-0.39, 0.29) is 6.04 Å². The van der Waals surface area contributed by atoms with Crippen molar-refractivity contribution in [2.45, 2.75) is 51.2 Å². The summed E-state index contributed by atoms with van der Waals surface area (Å²) < 4.78 is 36.5. The number of halogens is 3. The summed E-state index contributed by atoms with van der Waals surface area (Å²) in [7, 11) is 1.49. The number of likely N-dealkylation sites (N-methyl/N-ethyl adjacent to an activating group) is 1. The Morgan fingerprint density at radius 3 is 2.25 bits per heavy atom. The highest BCUT2D eigenvalue weighted by Gasteiger charge is 2.31. The number of nitrogens with two attached hydrogens (primary N) is 1. The number of alkyl halides is 3. The van der Waals surface area contributed by atoms with Crippen molar-refractivity contribution in [1.29, 1.82) is 0 Å². The quantitative estimate of drug-likeness (QED) is 0.661. The SMILES string of the molecule is CCCCCCC(CN)N(C)CC(F)(F)F. The van der Waals surface area contributed by atoms with Gasteiger partial charge in [0.1, 0.15) is 0 Å². The molecule has 0 aliphatic heterocycles. The van der Waals surface area contributed by atoms with Crippen LogP contribution in [0.1, 0.15) is 39.0 Å². The number of nitrogens with zero attached hydrogens (tertiary/aromatic N) is 1. The van der Waals surface area contributed by atoms with Crippen LogP contribution >= 0.6 is 0 Å². The molecule has 0 saturated heterocycles. The van der Waals surface area contributed by atoms with Crippen molar-refractivity contribution in [2.75, 3.05) is 20.1 Å². The minimum atomic E-state index is -4.13. The molecule has 5 heteroatoms. The number of hydrogen-bond acceptors (Lipinski definition) is 2. The van der Waals surface area contributed by atoms with E-state index in [9.17, 15) is 13.2 Å². The second kappa shape index (κ2) is 7.90. The third-order valence-corrected chi connectivity index (χ3v) is 2.72. The molecule has 1 atom stereocenters. The Balaban J connectivity index is 3.87. The molecule has 0 rings (SSSR count). The lowest BCUT2D eigenvalue weighted by Gasteiger charge is -2.27. The molecule has 0 fully saturated rings. The van der Waals surface area contributed by atoms with Gasteiger partial charge in [-0.05, 0) is 13.5 Å². The highest BCUT2D eigenvalue weighted by Crippen LogP contribution is 2.18. The van der Waals surface area contributed by atoms with E-state index in [1.165, 1.54) is 11.9 Å². The molecule has 2 N–H and O–H groups in total. The van der Waals surface area contributed by atoms with E-state index in [2.05, 4.69) is 6.92 Å². The highest BCUT2D eigenvalue weighted by molar-refractivity contribution is 4.72. The van der Waals surface area contributed by atoms with Gasteiger partial charge in [0.05, 0.1) is 6.54 Å². The third-order valence-electron chi connectivity index (χ3n) is 2.72. The van der Waals surface area contributed by atoms with Gasteiger partial charge in [-0.25, -0.2) is 0 Å². The summed E-state index contributed by atoms with van der Waals surface area (Å²) in [5.74, 6) is 0. The van der Waals surface area contributed by atoms with Crippen LogP contribution in [0.3, 0.4) is 0 Å². The van der Waals surface area contributed by atoms with Crippen LogP contribution in [0.5, 0.6) is 0 Å². The fraction of sp³-hybridized carbons (Fsp3) is 1.00. The molecule has 0 spiro atoms. The molecule has 0 bridgehead atoms. The fourth-order valence-corrected chi connectivity index (χ4v) is 1.74. The van der Waals surface area contributed by atoms with E-state index in [0.717, 1.165) is 32.1 Å². The first-order valence-corrected chi connectivity index (χ1v) is 5.87. The molecule has 0 amide bonds. The average Bonchev–Trinajstić information content (AvgIpc) is 2.15. The molecule has 0 aromatic heterocycles. The molecule has 0 aliphatic carbocycles. The van der Waals surface area contributed by atoms with Crippen LogP contribution in [-0.2, 0) is 0 Å². The van der Waals surface area contributed by atoms with Gasteiger partial charge in [0.2, 0.25) is 0 Å². The van der Waals surface area contributed by atoms with Gasteiger partial charge < -0.3 is 5.73 Å². The Bertz CT molecular complexity index is 171. The van der Waals surface area contributed by atoms with E-state index in [1.54, 1.807) is 0 Å². The van der Waals surface area contributed by atoms with E-state index in [1.807, 2.05) is 0 Å². The summed E-state index contributed by atoms with van der Waals surface area (Å²) in [6.07, 6.45) is 0.922. The lowest BCUT2D eigenvalue weighted by atomic mass is 10.1. The summed E-state index contributed by atoms with van der Waals surface area (Å²) >= 11 is 0. The molecule has 98 valence electrons. The zero-order valence-electron chi connectivity index (χ0n) is 10.2. The lowest BCUT2D eigenvalue weighted by Crippen LogP contribution is -2.42. The summed E-state index contributed by atoms with van der Waals surface area (Å²) in [6.45, 7) is 1.53. The monoisotopic (exact) mass is 240 g/mol. The van der Waals surface area contributed by atoms with Crippen LogP contribution in [0.4, 0.5) is 13.2 Å². The van der Waals surface area contributed by atoms with Crippen molar-refractivity contribution >= 4 is 0 Å². The van der Waals surface area contributed by atoms with Crippen LogP contribution in [0.15, 0.2) is 0 Å².